The van der Waals surface area contributed by atoms with Crippen LogP contribution >= 0.6 is 0 Å². The number of aliphatic hydroxyl groups is 3. The summed E-state index contributed by atoms with van der Waals surface area (Å²) in [7, 11) is 0. The van der Waals surface area contributed by atoms with E-state index in [2.05, 4.69) is 0 Å². The predicted octanol–water partition coefficient (Wildman–Crippen LogP) is 2.27. The van der Waals surface area contributed by atoms with E-state index in [-0.39, 0.29) is 13.2 Å². The maximum Gasteiger partial charge on any atom is 0.0827 e. The molecule has 0 aliphatic heterocycles. The maximum atomic E-state index is 10.5. The zero-order valence-corrected chi connectivity index (χ0v) is 12.5. The molecule has 2 aromatic carbocycles. The van der Waals surface area contributed by atoms with Crippen LogP contribution in [0.15, 0.2) is 66.7 Å². The highest BCUT2D eigenvalue weighted by Crippen LogP contribution is 2.28. The second kappa shape index (κ2) is 7.90. The summed E-state index contributed by atoms with van der Waals surface area (Å²) in [6.45, 7) is -0.586. The molecule has 2 aromatic rings. The van der Waals surface area contributed by atoms with Gasteiger partial charge in [0.1, 0.15) is 0 Å². The van der Waals surface area contributed by atoms with Gasteiger partial charge in [0, 0.05) is 0 Å². The Kier molecular flexibility index (Phi) is 5.90. The molecule has 0 bridgehead atoms. The lowest BCUT2D eigenvalue weighted by atomic mass is 9.77. The first-order valence-corrected chi connectivity index (χ1v) is 7.37. The van der Waals surface area contributed by atoms with Crippen molar-refractivity contribution in [2.45, 2.75) is 12.5 Å². The van der Waals surface area contributed by atoms with Crippen molar-refractivity contribution >= 4 is 6.08 Å². The minimum atomic E-state index is -0.993. The number of hydrogen-bond acceptors (Lipinski definition) is 3. The summed E-state index contributed by atoms with van der Waals surface area (Å²) in [4.78, 5) is 0. The van der Waals surface area contributed by atoms with E-state index in [1.807, 2.05) is 60.7 Å². The first-order valence-electron chi connectivity index (χ1n) is 7.37. The van der Waals surface area contributed by atoms with E-state index >= 15 is 0 Å². The highest BCUT2D eigenvalue weighted by molar-refractivity contribution is 5.49. The summed E-state index contributed by atoms with van der Waals surface area (Å²) in [6.07, 6.45) is 2.89. The number of benzene rings is 2. The first-order chi connectivity index (χ1) is 10.7. The van der Waals surface area contributed by atoms with Gasteiger partial charge in [-0.15, -0.1) is 0 Å². The molecule has 3 heteroatoms. The zero-order valence-electron chi connectivity index (χ0n) is 12.5. The summed E-state index contributed by atoms with van der Waals surface area (Å²) in [6, 6.07) is 19.2. The Morgan fingerprint density at radius 2 is 1.41 bits per heavy atom. The standard InChI is InChI=1S/C19H22O3/c20-14-19(15-21,13-17-9-5-2-6-10-17)18(22)12-11-16-7-3-1-4-8-16/h1-12,18,20-22H,13-15H2/b12-11+/t18-/m1/s1. The second-order valence-electron chi connectivity index (χ2n) is 5.56. The van der Waals surface area contributed by atoms with Crippen molar-refractivity contribution in [3.63, 3.8) is 0 Å². The molecule has 0 fully saturated rings. The highest BCUT2D eigenvalue weighted by atomic mass is 16.3. The molecule has 3 nitrogen and oxygen atoms in total. The molecule has 116 valence electrons. The third-order valence-corrected chi connectivity index (χ3v) is 3.93. The third-order valence-electron chi connectivity index (χ3n) is 3.93. The van der Waals surface area contributed by atoms with Crippen LogP contribution in [0.25, 0.3) is 6.08 Å². The van der Waals surface area contributed by atoms with Crippen LogP contribution in [0.2, 0.25) is 0 Å². The lowest BCUT2D eigenvalue weighted by Crippen LogP contribution is -2.43. The maximum absolute atomic E-state index is 10.5. The predicted molar refractivity (Wildman–Crippen MR) is 88.2 cm³/mol. The first kappa shape index (κ1) is 16.4. The second-order valence-corrected chi connectivity index (χ2v) is 5.56. The van der Waals surface area contributed by atoms with Crippen molar-refractivity contribution < 1.29 is 15.3 Å². The summed E-state index contributed by atoms with van der Waals surface area (Å²) >= 11 is 0. The Hall–Kier alpha value is -1.94. The van der Waals surface area contributed by atoms with Gasteiger partial charge in [0.15, 0.2) is 0 Å². The topological polar surface area (TPSA) is 60.7 Å². The molecule has 0 spiro atoms. The Morgan fingerprint density at radius 3 is 1.95 bits per heavy atom. The molecule has 2 rings (SSSR count). The van der Waals surface area contributed by atoms with Gasteiger partial charge in [-0.25, -0.2) is 0 Å². The monoisotopic (exact) mass is 298 g/mol. The molecule has 0 aliphatic carbocycles. The molecule has 0 heterocycles. The Labute approximate surface area is 131 Å². The van der Waals surface area contributed by atoms with Gasteiger partial charge in [-0.2, -0.15) is 0 Å². The van der Waals surface area contributed by atoms with E-state index in [1.165, 1.54) is 0 Å². The molecule has 0 aliphatic rings. The van der Waals surface area contributed by atoms with E-state index in [4.69, 9.17) is 0 Å². The SMILES string of the molecule is OCC(CO)(Cc1ccccc1)[C@H](O)/C=C/c1ccccc1. The van der Waals surface area contributed by atoms with Gasteiger partial charge in [0.05, 0.1) is 24.7 Å². The lowest BCUT2D eigenvalue weighted by molar-refractivity contribution is -0.0296. The van der Waals surface area contributed by atoms with Crippen molar-refractivity contribution in [3.05, 3.63) is 77.9 Å². The normalized spacial score (nSPS) is 13.4. The Balaban J connectivity index is 2.17. The minimum absolute atomic E-state index is 0.293. The molecule has 0 saturated carbocycles. The molecule has 0 saturated heterocycles. The van der Waals surface area contributed by atoms with Crippen molar-refractivity contribution in [2.75, 3.05) is 13.2 Å². The quantitative estimate of drug-likeness (QED) is 0.735. The molecule has 0 aromatic heterocycles. The summed E-state index contributed by atoms with van der Waals surface area (Å²) in [5, 5.41) is 30.0. The van der Waals surface area contributed by atoms with Crippen molar-refractivity contribution in [2.24, 2.45) is 5.41 Å². The van der Waals surface area contributed by atoms with Crippen molar-refractivity contribution in [1.29, 1.82) is 0 Å². The molecule has 1 atom stereocenters. The number of rotatable bonds is 7. The molecule has 3 N–H and O–H groups in total. The van der Waals surface area contributed by atoms with Crippen LogP contribution in [0.5, 0.6) is 0 Å². The third kappa shape index (κ3) is 4.04. The highest BCUT2D eigenvalue weighted by Gasteiger charge is 2.35. The van der Waals surface area contributed by atoms with Gasteiger partial charge in [0.25, 0.3) is 0 Å². The van der Waals surface area contributed by atoms with Gasteiger partial charge in [-0.05, 0) is 17.5 Å². The van der Waals surface area contributed by atoms with Crippen LogP contribution in [0, 0.1) is 5.41 Å². The fourth-order valence-electron chi connectivity index (χ4n) is 2.43. The van der Waals surface area contributed by atoms with E-state index in [9.17, 15) is 15.3 Å². The van der Waals surface area contributed by atoms with Crippen LogP contribution < -0.4 is 0 Å². The number of hydrogen-bond donors (Lipinski definition) is 3. The fraction of sp³-hybridized carbons (Fsp3) is 0.263. The van der Waals surface area contributed by atoms with E-state index in [0.29, 0.717) is 6.42 Å². The Morgan fingerprint density at radius 1 is 0.864 bits per heavy atom. The molecule has 0 amide bonds. The Bertz CT molecular complexity index is 574. The zero-order chi connectivity index (χ0) is 15.8. The van der Waals surface area contributed by atoms with Gasteiger partial charge in [-0.1, -0.05) is 72.8 Å². The van der Waals surface area contributed by atoms with E-state index in [0.717, 1.165) is 11.1 Å². The average molecular weight is 298 g/mol. The van der Waals surface area contributed by atoms with Crippen LogP contribution in [0.4, 0.5) is 0 Å². The van der Waals surface area contributed by atoms with E-state index < -0.39 is 11.5 Å². The summed E-state index contributed by atoms with van der Waals surface area (Å²) < 4.78 is 0. The lowest BCUT2D eigenvalue weighted by Gasteiger charge is -2.33. The molecule has 0 unspecified atom stereocenters. The largest absolute Gasteiger partial charge is 0.396 e. The van der Waals surface area contributed by atoms with Crippen LogP contribution in [0.1, 0.15) is 11.1 Å². The van der Waals surface area contributed by atoms with E-state index in [1.54, 1.807) is 12.2 Å². The summed E-state index contributed by atoms with van der Waals surface area (Å²) in [5.41, 5.74) is 0.941. The minimum Gasteiger partial charge on any atom is -0.396 e. The van der Waals surface area contributed by atoms with Crippen LogP contribution in [0.3, 0.4) is 0 Å². The number of aliphatic hydroxyl groups excluding tert-OH is 3. The molecule has 0 radical (unpaired) electrons. The van der Waals surface area contributed by atoms with Gasteiger partial charge < -0.3 is 15.3 Å². The van der Waals surface area contributed by atoms with Crippen molar-refractivity contribution in [1.82, 2.24) is 0 Å². The van der Waals surface area contributed by atoms with Gasteiger partial charge >= 0.3 is 0 Å². The molecule has 22 heavy (non-hydrogen) atoms. The van der Waals surface area contributed by atoms with Gasteiger partial charge in [-0.3, -0.25) is 0 Å². The fourth-order valence-corrected chi connectivity index (χ4v) is 2.43. The van der Waals surface area contributed by atoms with Crippen LogP contribution in [-0.4, -0.2) is 34.6 Å². The van der Waals surface area contributed by atoms with Gasteiger partial charge in [0.2, 0.25) is 0 Å². The van der Waals surface area contributed by atoms with Crippen molar-refractivity contribution in [3.8, 4) is 0 Å². The summed E-state index contributed by atoms with van der Waals surface area (Å²) in [5.74, 6) is 0. The smallest absolute Gasteiger partial charge is 0.0827 e. The molecular weight excluding hydrogens is 276 g/mol. The molecular formula is C19H22O3. The van der Waals surface area contributed by atoms with Crippen LogP contribution in [-0.2, 0) is 6.42 Å². The average Bonchev–Trinajstić information content (AvgIpc) is 2.59.